The fourth-order valence-corrected chi connectivity index (χ4v) is 0.655. The lowest BCUT2D eigenvalue weighted by Gasteiger charge is -1.99. The number of hydrogen-bond acceptors (Lipinski definition) is 4. The van der Waals surface area contributed by atoms with Crippen LogP contribution in [-0.4, -0.2) is 16.0 Å². The van der Waals surface area contributed by atoms with E-state index in [9.17, 15) is 0 Å². The Labute approximate surface area is 75.7 Å². The van der Waals surface area contributed by atoms with Crippen LogP contribution in [0.2, 0.25) is 0 Å². The van der Waals surface area contributed by atoms with Gasteiger partial charge in [0.05, 0.1) is 0 Å². The van der Waals surface area contributed by atoms with Crippen molar-refractivity contribution in [3.05, 3.63) is 30.1 Å². The molecule has 1 aromatic heterocycles. The zero-order valence-electron chi connectivity index (χ0n) is 6.14. The smallest absolute Gasteiger partial charge is 0.194 e. The van der Waals surface area contributed by atoms with E-state index >= 15 is 0 Å². The van der Waals surface area contributed by atoms with Crippen LogP contribution in [0.15, 0.2) is 29.5 Å². The molecule has 0 unspecified atom stereocenters. The second kappa shape index (κ2) is 5.34. The Kier molecular flexibility index (Phi) is 4.75. The third-order valence-corrected chi connectivity index (χ3v) is 1.14. The van der Waals surface area contributed by atoms with E-state index in [2.05, 4.69) is 10.1 Å². The molecule has 0 amide bonds. The largest absolute Gasteiger partial charge is 0.321 e. The third-order valence-electron chi connectivity index (χ3n) is 1.14. The molecular weight excluding hydrogens is 180 g/mol. The molecule has 0 radical (unpaired) electrons. The highest BCUT2D eigenvalue weighted by Gasteiger charge is 1.99. The van der Waals surface area contributed by atoms with Gasteiger partial charge in [0.25, 0.3) is 0 Å². The van der Waals surface area contributed by atoms with E-state index in [0.29, 0.717) is 5.69 Å². The van der Waals surface area contributed by atoms with Crippen LogP contribution in [0, 0.1) is 0 Å². The van der Waals surface area contributed by atoms with Crippen LogP contribution < -0.4 is 11.3 Å². The second-order valence-corrected chi connectivity index (χ2v) is 1.80. The number of halogens is 1. The monoisotopic (exact) mass is 188 g/mol. The molecule has 0 spiro atoms. The summed E-state index contributed by atoms with van der Waals surface area (Å²) in [5.74, 6) is 5.08. The summed E-state index contributed by atoms with van der Waals surface area (Å²) in [6, 6.07) is 5.20. The first-order valence-electron chi connectivity index (χ1n) is 2.98. The van der Waals surface area contributed by atoms with Crippen molar-refractivity contribution in [3.8, 4) is 0 Å². The Hall–Kier alpha value is -1.33. The second-order valence-electron chi connectivity index (χ2n) is 1.80. The number of hydroxylamine groups is 1. The molecule has 0 saturated heterocycles. The molecule has 12 heavy (non-hydrogen) atoms. The number of pyridine rings is 1. The molecule has 0 aromatic carbocycles. The molecule has 0 atom stereocenters. The number of aromatic nitrogens is 1. The number of amidine groups is 1. The molecule has 0 saturated carbocycles. The Bertz CT molecular complexity index is 251. The molecule has 0 aliphatic heterocycles. The lowest BCUT2D eigenvalue weighted by atomic mass is 10.3. The van der Waals surface area contributed by atoms with E-state index in [-0.39, 0.29) is 18.2 Å². The topological polar surface area (TPSA) is 83.5 Å². The molecular formula is C6H9ClN4O. The number of hydrazone groups is 1. The van der Waals surface area contributed by atoms with Gasteiger partial charge in [-0.1, -0.05) is 6.07 Å². The molecule has 5 nitrogen and oxygen atoms in total. The van der Waals surface area contributed by atoms with Crippen LogP contribution in [0.4, 0.5) is 0 Å². The van der Waals surface area contributed by atoms with E-state index < -0.39 is 0 Å². The fourth-order valence-electron chi connectivity index (χ4n) is 0.655. The van der Waals surface area contributed by atoms with Gasteiger partial charge < -0.3 is 5.84 Å². The maximum Gasteiger partial charge on any atom is 0.194 e. The number of nitrogens with zero attached hydrogens (tertiary/aromatic N) is 2. The van der Waals surface area contributed by atoms with Crippen LogP contribution >= 0.6 is 12.4 Å². The summed E-state index contributed by atoms with van der Waals surface area (Å²) >= 11 is 0. The van der Waals surface area contributed by atoms with Gasteiger partial charge in [0, 0.05) is 6.20 Å². The fraction of sp³-hybridized carbons (Fsp3) is 0. The van der Waals surface area contributed by atoms with Crippen LogP contribution in [0.5, 0.6) is 0 Å². The maximum absolute atomic E-state index is 8.48. The van der Waals surface area contributed by atoms with Crippen molar-refractivity contribution in [3.63, 3.8) is 0 Å². The quantitative estimate of drug-likeness (QED) is 0.253. The van der Waals surface area contributed by atoms with Gasteiger partial charge in [0.15, 0.2) is 5.84 Å². The Morgan fingerprint density at radius 1 is 1.58 bits per heavy atom. The van der Waals surface area contributed by atoms with E-state index in [4.69, 9.17) is 11.0 Å². The lowest BCUT2D eigenvalue weighted by molar-refractivity contribution is 0.234. The zero-order valence-corrected chi connectivity index (χ0v) is 6.95. The minimum atomic E-state index is 0. The van der Waals surface area contributed by atoms with Gasteiger partial charge in [-0.2, -0.15) is 5.10 Å². The van der Waals surface area contributed by atoms with Gasteiger partial charge in [-0.25, -0.2) is 5.48 Å². The molecule has 1 rings (SSSR count). The average Bonchev–Trinajstić information content (AvgIpc) is 2.09. The first-order valence-corrected chi connectivity index (χ1v) is 2.98. The van der Waals surface area contributed by atoms with Crippen molar-refractivity contribution in [1.82, 2.24) is 10.5 Å². The summed E-state index contributed by atoms with van der Waals surface area (Å²) in [7, 11) is 0. The van der Waals surface area contributed by atoms with Crippen LogP contribution in [0.25, 0.3) is 0 Å². The minimum absolute atomic E-state index is 0. The van der Waals surface area contributed by atoms with Crippen molar-refractivity contribution < 1.29 is 5.21 Å². The first kappa shape index (κ1) is 10.7. The van der Waals surface area contributed by atoms with Gasteiger partial charge in [0.1, 0.15) is 5.69 Å². The standard InChI is InChI=1S/C6H8N4O.ClH/c7-9-6(10-11)5-3-1-2-4-8-5;/h1-4,11H,7H2,(H,9,10);1H. The van der Waals surface area contributed by atoms with Crippen LogP contribution in [-0.2, 0) is 0 Å². The molecule has 1 aromatic rings. The van der Waals surface area contributed by atoms with Gasteiger partial charge in [-0.15, -0.1) is 12.4 Å². The molecule has 66 valence electrons. The highest BCUT2D eigenvalue weighted by molar-refractivity contribution is 5.95. The molecule has 0 fully saturated rings. The van der Waals surface area contributed by atoms with Gasteiger partial charge >= 0.3 is 0 Å². The highest BCUT2D eigenvalue weighted by Crippen LogP contribution is 1.91. The number of rotatable bonds is 1. The van der Waals surface area contributed by atoms with Gasteiger partial charge in [-0.3, -0.25) is 10.2 Å². The molecule has 1 heterocycles. The van der Waals surface area contributed by atoms with Crippen molar-refractivity contribution in [1.29, 1.82) is 0 Å². The zero-order chi connectivity index (χ0) is 8.10. The van der Waals surface area contributed by atoms with E-state index in [1.165, 1.54) is 0 Å². The molecule has 4 N–H and O–H groups in total. The molecule has 0 aliphatic carbocycles. The summed E-state index contributed by atoms with van der Waals surface area (Å²) in [6.07, 6.45) is 1.58. The predicted molar refractivity (Wildman–Crippen MR) is 47.1 cm³/mol. The predicted octanol–water partition coefficient (Wildman–Crippen LogP) is 0.103. The number of nitrogens with one attached hydrogen (secondary N) is 1. The summed E-state index contributed by atoms with van der Waals surface area (Å²) in [5.41, 5.74) is 2.33. The SMILES string of the molecule is Cl.N/N=C(/NO)c1ccccn1. The van der Waals surface area contributed by atoms with E-state index in [0.717, 1.165) is 0 Å². The van der Waals surface area contributed by atoms with Crippen molar-refractivity contribution in [2.45, 2.75) is 0 Å². The Balaban J connectivity index is 0.00000121. The highest BCUT2D eigenvalue weighted by atomic mass is 35.5. The third kappa shape index (κ3) is 2.37. The molecule has 0 bridgehead atoms. The van der Waals surface area contributed by atoms with Gasteiger partial charge in [-0.05, 0) is 12.1 Å². The number of hydrogen-bond donors (Lipinski definition) is 3. The lowest BCUT2D eigenvalue weighted by Crippen LogP contribution is -2.22. The summed E-state index contributed by atoms with van der Waals surface area (Å²) in [6.45, 7) is 0. The average molecular weight is 189 g/mol. The van der Waals surface area contributed by atoms with Crippen molar-refractivity contribution in [2.75, 3.05) is 0 Å². The van der Waals surface area contributed by atoms with Gasteiger partial charge in [0.2, 0.25) is 0 Å². The van der Waals surface area contributed by atoms with E-state index in [1.54, 1.807) is 24.4 Å². The van der Waals surface area contributed by atoms with Crippen molar-refractivity contribution >= 4 is 18.2 Å². The normalized spacial score (nSPS) is 10.2. The van der Waals surface area contributed by atoms with Crippen molar-refractivity contribution in [2.24, 2.45) is 10.9 Å². The number of nitrogens with two attached hydrogens (primary N) is 1. The Morgan fingerprint density at radius 2 is 2.33 bits per heavy atom. The van der Waals surface area contributed by atoms with Crippen LogP contribution in [0.3, 0.4) is 0 Å². The molecule has 0 aliphatic rings. The maximum atomic E-state index is 8.48. The Morgan fingerprint density at radius 3 is 2.75 bits per heavy atom. The van der Waals surface area contributed by atoms with Crippen LogP contribution in [0.1, 0.15) is 5.69 Å². The summed E-state index contributed by atoms with van der Waals surface area (Å²) < 4.78 is 0. The molecule has 6 heteroatoms. The van der Waals surface area contributed by atoms with E-state index in [1.807, 2.05) is 5.48 Å². The summed E-state index contributed by atoms with van der Waals surface area (Å²) in [4.78, 5) is 3.89. The first-order chi connectivity index (χ1) is 5.38. The summed E-state index contributed by atoms with van der Waals surface area (Å²) in [5, 5.41) is 11.7. The minimum Gasteiger partial charge on any atom is -0.321 e.